The number of halogens is 2. The highest BCUT2D eigenvalue weighted by molar-refractivity contribution is 9.10. The van der Waals surface area contributed by atoms with Gasteiger partial charge in [-0.05, 0) is 45.6 Å². The van der Waals surface area contributed by atoms with E-state index < -0.39 is 0 Å². The molecule has 0 aromatic heterocycles. The lowest BCUT2D eigenvalue weighted by atomic mass is 10.1. The molecule has 1 aliphatic rings. The van der Waals surface area contributed by atoms with Crippen LogP contribution in [0.3, 0.4) is 0 Å². The molecular weight excluding hydrogens is 207 g/mol. The molecule has 1 aromatic carbocycles. The van der Waals surface area contributed by atoms with Crippen LogP contribution in [-0.2, 0) is 6.42 Å². The highest BCUT2D eigenvalue weighted by Crippen LogP contribution is 2.25. The van der Waals surface area contributed by atoms with Crippen LogP contribution < -0.4 is 0 Å². The van der Waals surface area contributed by atoms with Gasteiger partial charge in [-0.2, -0.15) is 0 Å². The molecule has 2 heteroatoms. The number of rotatable bonds is 0. The SMILES string of the molecule is Fc1cc2c(cc1Br)CC=C2. The van der Waals surface area contributed by atoms with E-state index in [1.165, 1.54) is 5.56 Å². The van der Waals surface area contributed by atoms with Crippen LogP contribution in [0.5, 0.6) is 0 Å². The standard InChI is InChI=1S/C9H6BrF/c10-8-4-6-2-1-3-7(6)5-9(8)11/h1,3-5H,2H2. The first kappa shape index (κ1) is 7.04. The zero-order valence-corrected chi connectivity index (χ0v) is 7.36. The van der Waals surface area contributed by atoms with Crippen LogP contribution in [0.15, 0.2) is 22.7 Å². The first-order valence-corrected chi connectivity index (χ1v) is 4.21. The smallest absolute Gasteiger partial charge is 0.137 e. The Morgan fingerprint density at radius 1 is 1.36 bits per heavy atom. The molecule has 0 aliphatic heterocycles. The van der Waals surface area contributed by atoms with Gasteiger partial charge in [0.25, 0.3) is 0 Å². The minimum atomic E-state index is -0.185. The van der Waals surface area contributed by atoms with Crippen molar-refractivity contribution in [2.75, 3.05) is 0 Å². The summed E-state index contributed by atoms with van der Waals surface area (Å²) in [4.78, 5) is 0. The molecule has 0 atom stereocenters. The monoisotopic (exact) mass is 212 g/mol. The second-order valence-electron chi connectivity index (χ2n) is 2.57. The van der Waals surface area contributed by atoms with Crippen LogP contribution in [0, 0.1) is 5.82 Å². The van der Waals surface area contributed by atoms with Crippen LogP contribution in [0.25, 0.3) is 6.08 Å². The Labute approximate surface area is 72.9 Å². The van der Waals surface area contributed by atoms with Crippen molar-refractivity contribution in [1.82, 2.24) is 0 Å². The van der Waals surface area contributed by atoms with E-state index in [4.69, 9.17) is 0 Å². The van der Waals surface area contributed by atoms with E-state index in [1.54, 1.807) is 6.07 Å². The molecule has 0 nitrogen and oxygen atoms in total. The van der Waals surface area contributed by atoms with Crippen molar-refractivity contribution >= 4 is 22.0 Å². The van der Waals surface area contributed by atoms with E-state index >= 15 is 0 Å². The Morgan fingerprint density at radius 2 is 2.18 bits per heavy atom. The van der Waals surface area contributed by atoms with Gasteiger partial charge in [0.05, 0.1) is 4.47 Å². The topological polar surface area (TPSA) is 0 Å². The quantitative estimate of drug-likeness (QED) is 0.620. The first-order valence-electron chi connectivity index (χ1n) is 3.42. The van der Waals surface area contributed by atoms with Gasteiger partial charge in [0.2, 0.25) is 0 Å². The molecule has 56 valence electrons. The van der Waals surface area contributed by atoms with E-state index in [9.17, 15) is 4.39 Å². The highest BCUT2D eigenvalue weighted by Gasteiger charge is 2.08. The molecule has 0 saturated carbocycles. The number of benzene rings is 1. The average Bonchev–Trinajstić information content (AvgIpc) is 2.36. The van der Waals surface area contributed by atoms with Gasteiger partial charge in [-0.25, -0.2) is 4.39 Å². The molecular formula is C9H6BrF. The third kappa shape index (κ3) is 1.11. The maximum Gasteiger partial charge on any atom is 0.137 e. The fourth-order valence-electron chi connectivity index (χ4n) is 1.25. The normalized spacial score (nSPS) is 13.6. The van der Waals surface area contributed by atoms with Gasteiger partial charge < -0.3 is 0 Å². The highest BCUT2D eigenvalue weighted by atomic mass is 79.9. The first-order chi connectivity index (χ1) is 5.27. The van der Waals surface area contributed by atoms with Crippen LogP contribution in [0.1, 0.15) is 11.1 Å². The minimum Gasteiger partial charge on any atom is -0.206 e. The second kappa shape index (κ2) is 2.45. The van der Waals surface area contributed by atoms with E-state index in [-0.39, 0.29) is 5.82 Å². The Hall–Kier alpha value is -0.630. The number of hydrogen-bond acceptors (Lipinski definition) is 0. The molecule has 0 amide bonds. The summed E-state index contributed by atoms with van der Waals surface area (Å²) in [5.74, 6) is -0.185. The van der Waals surface area contributed by atoms with Crippen molar-refractivity contribution < 1.29 is 4.39 Å². The van der Waals surface area contributed by atoms with Gasteiger partial charge in [0.15, 0.2) is 0 Å². The molecule has 0 fully saturated rings. The zero-order chi connectivity index (χ0) is 7.84. The molecule has 1 aliphatic carbocycles. The van der Waals surface area contributed by atoms with E-state index in [0.29, 0.717) is 4.47 Å². The lowest BCUT2D eigenvalue weighted by Crippen LogP contribution is -1.85. The molecule has 0 heterocycles. The van der Waals surface area contributed by atoms with Gasteiger partial charge in [-0.15, -0.1) is 0 Å². The van der Waals surface area contributed by atoms with E-state index in [0.717, 1.165) is 12.0 Å². The molecule has 0 saturated heterocycles. The largest absolute Gasteiger partial charge is 0.206 e. The Balaban J connectivity index is 2.63. The summed E-state index contributed by atoms with van der Waals surface area (Å²) in [6.45, 7) is 0. The van der Waals surface area contributed by atoms with Crippen LogP contribution in [-0.4, -0.2) is 0 Å². The van der Waals surface area contributed by atoms with Crippen molar-refractivity contribution in [1.29, 1.82) is 0 Å². The van der Waals surface area contributed by atoms with E-state index in [2.05, 4.69) is 15.9 Å². The molecule has 1 aromatic rings. The summed E-state index contributed by atoms with van der Waals surface area (Å²) in [6.07, 6.45) is 4.91. The van der Waals surface area contributed by atoms with Crippen molar-refractivity contribution in [2.24, 2.45) is 0 Å². The lowest BCUT2D eigenvalue weighted by molar-refractivity contribution is 0.620. The predicted molar refractivity (Wildman–Crippen MR) is 46.8 cm³/mol. The molecule has 0 bridgehead atoms. The summed E-state index contributed by atoms with van der Waals surface area (Å²) in [7, 11) is 0. The Kier molecular flexibility index (Phi) is 1.57. The third-order valence-corrected chi connectivity index (χ3v) is 2.43. The summed E-state index contributed by atoms with van der Waals surface area (Å²) >= 11 is 3.15. The fraction of sp³-hybridized carbons (Fsp3) is 0.111. The zero-order valence-electron chi connectivity index (χ0n) is 5.77. The van der Waals surface area contributed by atoms with Crippen molar-refractivity contribution in [3.63, 3.8) is 0 Å². The molecule has 0 spiro atoms. The minimum absolute atomic E-state index is 0.185. The van der Waals surface area contributed by atoms with Gasteiger partial charge >= 0.3 is 0 Å². The van der Waals surface area contributed by atoms with Crippen LogP contribution in [0.2, 0.25) is 0 Å². The predicted octanol–water partition coefficient (Wildman–Crippen LogP) is 3.16. The molecule has 11 heavy (non-hydrogen) atoms. The molecule has 2 rings (SSSR count). The average molecular weight is 213 g/mol. The maximum absolute atomic E-state index is 12.9. The number of hydrogen-bond donors (Lipinski definition) is 0. The summed E-state index contributed by atoms with van der Waals surface area (Å²) in [5, 5.41) is 0. The fourth-order valence-corrected chi connectivity index (χ4v) is 1.64. The summed E-state index contributed by atoms with van der Waals surface area (Å²) in [5.41, 5.74) is 2.20. The Bertz CT molecular complexity index is 329. The lowest BCUT2D eigenvalue weighted by Gasteiger charge is -1.99. The van der Waals surface area contributed by atoms with Crippen LogP contribution >= 0.6 is 15.9 Å². The third-order valence-electron chi connectivity index (χ3n) is 1.82. The number of fused-ring (bicyclic) bond motifs is 1. The van der Waals surface area contributed by atoms with Gasteiger partial charge in [0.1, 0.15) is 5.82 Å². The second-order valence-corrected chi connectivity index (χ2v) is 3.43. The maximum atomic E-state index is 12.9. The molecule has 0 unspecified atom stereocenters. The van der Waals surface area contributed by atoms with Gasteiger partial charge in [-0.3, -0.25) is 0 Å². The number of allylic oxidation sites excluding steroid dienone is 1. The van der Waals surface area contributed by atoms with Crippen molar-refractivity contribution in [3.05, 3.63) is 39.6 Å². The van der Waals surface area contributed by atoms with Crippen molar-refractivity contribution in [2.45, 2.75) is 6.42 Å². The summed E-state index contributed by atoms with van der Waals surface area (Å²) in [6, 6.07) is 3.40. The van der Waals surface area contributed by atoms with Crippen molar-refractivity contribution in [3.8, 4) is 0 Å². The van der Waals surface area contributed by atoms with E-state index in [1.807, 2.05) is 18.2 Å². The van der Waals surface area contributed by atoms with Gasteiger partial charge in [-0.1, -0.05) is 12.2 Å². The van der Waals surface area contributed by atoms with Crippen LogP contribution in [0.4, 0.5) is 4.39 Å². The van der Waals surface area contributed by atoms with Gasteiger partial charge in [0, 0.05) is 0 Å². The summed E-state index contributed by atoms with van der Waals surface area (Å²) < 4.78 is 13.4. The molecule has 0 radical (unpaired) electrons. The Morgan fingerprint density at radius 3 is 3.00 bits per heavy atom. The molecule has 0 N–H and O–H groups in total.